The number of aryl methyl sites for hydroxylation is 1. The van der Waals surface area contributed by atoms with Crippen LogP contribution < -0.4 is 10.9 Å². The van der Waals surface area contributed by atoms with E-state index in [4.69, 9.17) is 4.74 Å². The van der Waals surface area contributed by atoms with Gasteiger partial charge in [-0.2, -0.15) is 0 Å². The van der Waals surface area contributed by atoms with Gasteiger partial charge in [0.1, 0.15) is 16.2 Å². The van der Waals surface area contributed by atoms with Crippen LogP contribution in [0.1, 0.15) is 12.0 Å². The number of benzene rings is 1. The lowest BCUT2D eigenvalue weighted by Crippen LogP contribution is -2.17. The highest BCUT2D eigenvalue weighted by Crippen LogP contribution is 2.34. The van der Waals surface area contributed by atoms with Gasteiger partial charge >= 0.3 is 0 Å². The van der Waals surface area contributed by atoms with Crippen LogP contribution in [0.5, 0.6) is 0 Å². The molecular formula is C20H23N3O4S. The molecule has 28 heavy (non-hydrogen) atoms. The van der Waals surface area contributed by atoms with E-state index in [2.05, 4.69) is 10.3 Å². The van der Waals surface area contributed by atoms with Gasteiger partial charge in [-0.3, -0.25) is 4.79 Å². The second-order valence-corrected chi connectivity index (χ2v) is 8.19. The van der Waals surface area contributed by atoms with Crippen molar-refractivity contribution in [3.63, 3.8) is 0 Å². The van der Waals surface area contributed by atoms with Crippen LogP contribution in [0.3, 0.4) is 0 Å². The lowest BCUT2D eigenvalue weighted by atomic mass is 9.99. The Balaban J connectivity index is 1.81. The predicted octanol–water partition coefficient (Wildman–Crippen LogP) is 2.09. The normalized spacial score (nSPS) is 16.9. The molecule has 0 aliphatic carbocycles. The van der Waals surface area contributed by atoms with Crippen LogP contribution in [0, 0.1) is 5.92 Å². The average Bonchev–Trinajstić information content (AvgIpc) is 3.35. The van der Waals surface area contributed by atoms with Gasteiger partial charge in [0.2, 0.25) is 0 Å². The Bertz CT molecular complexity index is 1130. The van der Waals surface area contributed by atoms with Crippen molar-refractivity contribution in [2.75, 3.05) is 25.1 Å². The monoisotopic (exact) mass is 401 g/mol. The molecule has 4 rings (SSSR count). The van der Waals surface area contributed by atoms with Crippen molar-refractivity contribution in [2.45, 2.75) is 12.2 Å². The molecule has 1 unspecified atom stereocenters. The van der Waals surface area contributed by atoms with Crippen LogP contribution in [-0.4, -0.2) is 37.7 Å². The summed E-state index contributed by atoms with van der Waals surface area (Å²) >= 11 is 0. The van der Waals surface area contributed by atoms with Gasteiger partial charge in [-0.05, 0) is 30.2 Å². The Hall–Kier alpha value is -2.58. The maximum absolute atomic E-state index is 12.4. The summed E-state index contributed by atoms with van der Waals surface area (Å²) in [5.74, 6) is 0.442. The molecule has 2 N–H and O–H groups in total. The Labute approximate surface area is 164 Å². The molecule has 1 saturated heterocycles. The zero-order chi connectivity index (χ0) is 19.7. The SMILES string of the molecule is Cn1cc(-c2cc(C[SH](=O)=O)ccc2NCC2CCOC2)c2cc[nH]c2c1=O. The lowest BCUT2D eigenvalue weighted by Gasteiger charge is -2.17. The maximum Gasteiger partial charge on any atom is 0.274 e. The first-order valence-electron chi connectivity index (χ1n) is 9.26. The summed E-state index contributed by atoms with van der Waals surface area (Å²) in [4.78, 5) is 15.4. The molecule has 148 valence electrons. The number of aromatic nitrogens is 2. The van der Waals surface area contributed by atoms with Gasteiger partial charge in [0.15, 0.2) is 0 Å². The molecule has 0 bridgehead atoms. The molecule has 3 aromatic rings. The molecule has 0 amide bonds. The van der Waals surface area contributed by atoms with Crippen molar-refractivity contribution < 1.29 is 13.2 Å². The maximum atomic E-state index is 12.4. The largest absolute Gasteiger partial charge is 0.384 e. The number of nitrogens with zero attached hydrogens (tertiary/aromatic N) is 1. The van der Waals surface area contributed by atoms with E-state index in [-0.39, 0.29) is 11.3 Å². The van der Waals surface area contributed by atoms with E-state index < -0.39 is 10.7 Å². The quantitative estimate of drug-likeness (QED) is 0.550. The van der Waals surface area contributed by atoms with Gasteiger partial charge in [-0.15, -0.1) is 0 Å². The third kappa shape index (κ3) is 3.70. The molecule has 1 atom stereocenters. The number of anilines is 1. The van der Waals surface area contributed by atoms with Crippen molar-refractivity contribution in [1.29, 1.82) is 0 Å². The second kappa shape index (κ2) is 7.81. The summed E-state index contributed by atoms with van der Waals surface area (Å²) in [6, 6.07) is 7.52. The van der Waals surface area contributed by atoms with Gasteiger partial charge in [0, 0.05) is 60.7 Å². The molecular weight excluding hydrogens is 378 g/mol. The number of rotatable bonds is 6. The zero-order valence-corrected chi connectivity index (χ0v) is 16.5. The zero-order valence-electron chi connectivity index (χ0n) is 15.6. The van der Waals surface area contributed by atoms with E-state index in [0.29, 0.717) is 11.4 Å². The van der Waals surface area contributed by atoms with Crippen LogP contribution >= 0.6 is 0 Å². The van der Waals surface area contributed by atoms with Gasteiger partial charge in [0.25, 0.3) is 5.56 Å². The van der Waals surface area contributed by atoms with Crippen LogP contribution in [0.15, 0.2) is 41.5 Å². The molecule has 0 spiro atoms. The van der Waals surface area contributed by atoms with E-state index in [1.54, 1.807) is 24.0 Å². The van der Waals surface area contributed by atoms with E-state index >= 15 is 0 Å². The van der Waals surface area contributed by atoms with Crippen LogP contribution in [0.2, 0.25) is 0 Å². The Kier molecular flexibility index (Phi) is 5.23. The van der Waals surface area contributed by atoms with Crippen molar-refractivity contribution in [3.8, 4) is 11.1 Å². The van der Waals surface area contributed by atoms with Crippen molar-refractivity contribution >= 4 is 27.3 Å². The highest BCUT2D eigenvalue weighted by atomic mass is 32.2. The minimum Gasteiger partial charge on any atom is -0.384 e. The molecule has 1 aliphatic rings. The number of fused-ring (bicyclic) bond motifs is 1. The molecule has 0 saturated carbocycles. The van der Waals surface area contributed by atoms with E-state index in [1.165, 1.54) is 0 Å². The standard InChI is InChI=1S/C20H23N3O4S/c1-23-10-17(15-4-6-21-19(15)20(23)24)16-8-13(12-28(25)26)2-3-18(16)22-9-14-5-7-27-11-14/h2-4,6,8,10,14,21-22,28H,5,7,9,11-12H2,1H3. The van der Waals surface area contributed by atoms with Crippen molar-refractivity contribution in [3.05, 3.63) is 52.6 Å². The number of thiol groups is 1. The molecule has 1 aliphatic heterocycles. The number of aromatic amines is 1. The molecule has 1 fully saturated rings. The minimum absolute atomic E-state index is 0.0128. The van der Waals surface area contributed by atoms with Crippen LogP contribution in [0.4, 0.5) is 5.69 Å². The Morgan fingerprint density at radius 3 is 2.89 bits per heavy atom. The first kappa shape index (κ1) is 18.8. The number of hydrogen-bond acceptors (Lipinski definition) is 5. The number of hydrogen-bond donors (Lipinski definition) is 3. The number of nitrogens with one attached hydrogen (secondary N) is 2. The molecule has 2 aromatic heterocycles. The molecule has 7 nitrogen and oxygen atoms in total. The molecule has 8 heteroatoms. The van der Waals surface area contributed by atoms with Gasteiger partial charge in [-0.25, -0.2) is 8.42 Å². The fraction of sp³-hybridized carbons (Fsp3) is 0.350. The fourth-order valence-corrected chi connectivity index (χ4v) is 4.19. The number of pyridine rings is 1. The highest BCUT2D eigenvalue weighted by Gasteiger charge is 2.18. The van der Waals surface area contributed by atoms with Gasteiger partial charge in [-0.1, -0.05) is 6.07 Å². The van der Waals surface area contributed by atoms with E-state index in [0.717, 1.165) is 53.9 Å². The van der Waals surface area contributed by atoms with E-state index in [1.807, 2.05) is 24.3 Å². The highest BCUT2D eigenvalue weighted by molar-refractivity contribution is 7.71. The average molecular weight is 401 g/mol. The van der Waals surface area contributed by atoms with Crippen molar-refractivity contribution in [1.82, 2.24) is 9.55 Å². The van der Waals surface area contributed by atoms with Gasteiger partial charge in [0.05, 0.1) is 12.4 Å². The number of ether oxygens (including phenoxy) is 1. The minimum atomic E-state index is -2.52. The predicted molar refractivity (Wildman–Crippen MR) is 110 cm³/mol. The summed E-state index contributed by atoms with van der Waals surface area (Å²) in [7, 11) is -0.802. The third-order valence-electron chi connectivity index (χ3n) is 5.19. The Morgan fingerprint density at radius 1 is 1.29 bits per heavy atom. The van der Waals surface area contributed by atoms with Crippen molar-refractivity contribution in [2.24, 2.45) is 13.0 Å². The summed E-state index contributed by atoms with van der Waals surface area (Å²) in [6.45, 7) is 2.32. The first-order chi connectivity index (χ1) is 13.5. The summed E-state index contributed by atoms with van der Waals surface area (Å²) < 4.78 is 29.5. The molecule has 1 aromatic carbocycles. The van der Waals surface area contributed by atoms with Gasteiger partial charge < -0.3 is 19.6 Å². The second-order valence-electron chi connectivity index (χ2n) is 7.21. The third-order valence-corrected chi connectivity index (χ3v) is 5.81. The fourth-order valence-electron chi connectivity index (χ4n) is 3.70. The number of H-pyrrole nitrogens is 1. The lowest BCUT2D eigenvalue weighted by molar-refractivity contribution is 0.187. The molecule has 0 radical (unpaired) electrons. The summed E-state index contributed by atoms with van der Waals surface area (Å²) in [5, 5.41) is 4.32. The van der Waals surface area contributed by atoms with E-state index in [9.17, 15) is 13.2 Å². The first-order valence-corrected chi connectivity index (χ1v) is 10.6. The topological polar surface area (TPSA) is 93.2 Å². The summed E-state index contributed by atoms with van der Waals surface area (Å²) in [5.41, 5.74) is 3.84. The smallest absolute Gasteiger partial charge is 0.274 e. The van der Waals surface area contributed by atoms with Crippen LogP contribution in [0.25, 0.3) is 22.0 Å². The summed E-state index contributed by atoms with van der Waals surface area (Å²) in [6.07, 6.45) is 4.58. The molecule has 3 heterocycles. The van der Waals surface area contributed by atoms with Crippen LogP contribution in [-0.2, 0) is 28.2 Å². The Morgan fingerprint density at radius 2 is 2.14 bits per heavy atom.